The van der Waals surface area contributed by atoms with E-state index in [1.54, 1.807) is 13.0 Å². The number of benzene rings is 1. The van der Waals surface area contributed by atoms with E-state index in [2.05, 4.69) is 9.97 Å². The molecule has 0 unspecified atom stereocenters. The molecule has 0 bridgehead atoms. The lowest BCUT2D eigenvalue weighted by molar-refractivity contribution is 0.0694. The lowest BCUT2D eigenvalue weighted by atomic mass is 10.2. The van der Waals surface area contributed by atoms with Crippen molar-refractivity contribution in [3.8, 4) is 11.8 Å². The van der Waals surface area contributed by atoms with Crippen LogP contribution in [-0.4, -0.2) is 21.0 Å². The SMILES string of the molecule is Cc1ccnc(Oc2cc(F)ccc2C(=O)O)n1. The van der Waals surface area contributed by atoms with Crippen molar-refractivity contribution in [1.29, 1.82) is 0 Å². The summed E-state index contributed by atoms with van der Waals surface area (Å²) < 4.78 is 18.3. The molecule has 0 radical (unpaired) electrons. The fraction of sp³-hybridized carbons (Fsp3) is 0.0833. The summed E-state index contributed by atoms with van der Waals surface area (Å²) in [6, 6.07) is 4.80. The van der Waals surface area contributed by atoms with Crippen LogP contribution in [0.5, 0.6) is 11.8 Å². The Morgan fingerprint density at radius 2 is 2.17 bits per heavy atom. The van der Waals surface area contributed by atoms with Crippen LogP contribution in [0.1, 0.15) is 16.1 Å². The van der Waals surface area contributed by atoms with E-state index >= 15 is 0 Å². The van der Waals surface area contributed by atoms with Crippen molar-refractivity contribution in [2.24, 2.45) is 0 Å². The van der Waals surface area contributed by atoms with Gasteiger partial charge in [-0.25, -0.2) is 19.2 Å². The number of aromatic nitrogens is 2. The topological polar surface area (TPSA) is 72.3 Å². The Balaban J connectivity index is 2.39. The summed E-state index contributed by atoms with van der Waals surface area (Å²) in [5.74, 6) is -1.94. The Kier molecular flexibility index (Phi) is 3.18. The Bertz CT molecular complexity index is 602. The fourth-order valence-electron chi connectivity index (χ4n) is 1.33. The van der Waals surface area contributed by atoms with E-state index in [-0.39, 0.29) is 17.3 Å². The first kappa shape index (κ1) is 12.0. The van der Waals surface area contributed by atoms with Crippen molar-refractivity contribution in [2.45, 2.75) is 6.92 Å². The number of hydrogen-bond acceptors (Lipinski definition) is 4. The highest BCUT2D eigenvalue weighted by Gasteiger charge is 2.14. The van der Waals surface area contributed by atoms with Crippen molar-refractivity contribution in [2.75, 3.05) is 0 Å². The average Bonchev–Trinajstić information content (AvgIpc) is 2.28. The van der Waals surface area contributed by atoms with E-state index in [1.165, 1.54) is 6.20 Å². The minimum atomic E-state index is -1.21. The molecule has 0 saturated carbocycles. The molecule has 1 aromatic heterocycles. The maximum absolute atomic E-state index is 13.1. The monoisotopic (exact) mass is 248 g/mol. The number of hydrogen-bond donors (Lipinski definition) is 1. The molecule has 0 fully saturated rings. The van der Waals surface area contributed by atoms with E-state index in [4.69, 9.17) is 9.84 Å². The highest BCUT2D eigenvalue weighted by molar-refractivity contribution is 5.90. The van der Waals surface area contributed by atoms with E-state index in [0.29, 0.717) is 5.69 Å². The molecule has 0 aliphatic rings. The van der Waals surface area contributed by atoms with Crippen LogP contribution in [0.2, 0.25) is 0 Å². The van der Waals surface area contributed by atoms with Crippen LogP contribution in [0.25, 0.3) is 0 Å². The number of ether oxygens (including phenoxy) is 1. The Morgan fingerprint density at radius 1 is 1.39 bits per heavy atom. The maximum Gasteiger partial charge on any atom is 0.339 e. The second-order valence-electron chi connectivity index (χ2n) is 3.53. The van der Waals surface area contributed by atoms with Gasteiger partial charge in [0.2, 0.25) is 0 Å². The second kappa shape index (κ2) is 4.79. The molecule has 0 spiro atoms. The normalized spacial score (nSPS) is 10.1. The second-order valence-corrected chi connectivity index (χ2v) is 3.53. The number of rotatable bonds is 3. The van der Waals surface area contributed by atoms with Crippen LogP contribution in [-0.2, 0) is 0 Å². The summed E-state index contributed by atoms with van der Waals surface area (Å²) in [5, 5.41) is 8.95. The van der Waals surface area contributed by atoms with Crippen LogP contribution in [0.15, 0.2) is 30.5 Å². The minimum absolute atomic E-state index is 0.0249. The number of aryl methyl sites for hydroxylation is 1. The predicted octanol–water partition coefficient (Wildman–Crippen LogP) is 2.41. The molecule has 0 amide bonds. The number of carboxylic acids is 1. The number of nitrogens with zero attached hydrogens (tertiary/aromatic N) is 2. The van der Waals surface area contributed by atoms with Gasteiger partial charge in [-0.1, -0.05) is 0 Å². The van der Waals surface area contributed by atoms with Gasteiger partial charge in [0.1, 0.15) is 17.1 Å². The highest BCUT2D eigenvalue weighted by Crippen LogP contribution is 2.24. The van der Waals surface area contributed by atoms with Crippen molar-refractivity contribution >= 4 is 5.97 Å². The van der Waals surface area contributed by atoms with Gasteiger partial charge >= 0.3 is 12.0 Å². The van der Waals surface area contributed by atoms with Gasteiger partial charge in [-0.3, -0.25) is 0 Å². The van der Waals surface area contributed by atoms with Crippen LogP contribution >= 0.6 is 0 Å². The first-order chi connectivity index (χ1) is 8.56. The number of aromatic carboxylic acids is 1. The standard InChI is InChI=1S/C12H9FN2O3/c1-7-4-5-14-12(15-7)18-10-6-8(13)2-3-9(10)11(16)17/h2-6H,1H3,(H,16,17). The number of carbonyl (C=O) groups is 1. The molecule has 2 aromatic rings. The van der Waals surface area contributed by atoms with Gasteiger partial charge in [0, 0.05) is 18.0 Å². The van der Waals surface area contributed by atoms with Crippen LogP contribution < -0.4 is 4.74 Å². The third-order valence-electron chi connectivity index (χ3n) is 2.15. The number of halogens is 1. The lowest BCUT2D eigenvalue weighted by Crippen LogP contribution is -2.02. The van der Waals surface area contributed by atoms with Gasteiger partial charge in [0.15, 0.2) is 0 Å². The van der Waals surface area contributed by atoms with Gasteiger partial charge < -0.3 is 9.84 Å². The summed E-state index contributed by atoms with van der Waals surface area (Å²) in [6.45, 7) is 1.73. The summed E-state index contributed by atoms with van der Waals surface area (Å²) in [4.78, 5) is 18.7. The van der Waals surface area contributed by atoms with Gasteiger partial charge in [-0.15, -0.1) is 0 Å². The van der Waals surface area contributed by atoms with Gasteiger partial charge in [0.05, 0.1) is 0 Å². The molecular weight excluding hydrogens is 239 g/mol. The zero-order valence-corrected chi connectivity index (χ0v) is 9.42. The van der Waals surface area contributed by atoms with Gasteiger partial charge in [-0.2, -0.15) is 0 Å². The molecule has 1 aromatic carbocycles. The molecule has 0 saturated heterocycles. The number of carboxylic acid groups (broad SMARTS) is 1. The van der Waals surface area contributed by atoms with Crippen LogP contribution in [0, 0.1) is 12.7 Å². The zero-order chi connectivity index (χ0) is 13.1. The Labute approximate surface area is 102 Å². The summed E-state index contributed by atoms with van der Waals surface area (Å²) >= 11 is 0. The maximum atomic E-state index is 13.1. The van der Waals surface area contributed by atoms with E-state index < -0.39 is 11.8 Å². The third-order valence-corrected chi connectivity index (χ3v) is 2.15. The quantitative estimate of drug-likeness (QED) is 0.902. The molecule has 92 valence electrons. The highest BCUT2D eigenvalue weighted by atomic mass is 19.1. The molecule has 18 heavy (non-hydrogen) atoms. The van der Waals surface area contributed by atoms with Crippen molar-refractivity contribution < 1.29 is 19.0 Å². The van der Waals surface area contributed by atoms with Crippen LogP contribution in [0.4, 0.5) is 4.39 Å². The molecule has 6 heteroatoms. The molecule has 5 nitrogen and oxygen atoms in total. The van der Waals surface area contributed by atoms with Gasteiger partial charge in [-0.05, 0) is 25.1 Å². The summed E-state index contributed by atoms with van der Waals surface area (Å²) in [7, 11) is 0. The third kappa shape index (κ3) is 2.60. The van der Waals surface area contributed by atoms with E-state index in [0.717, 1.165) is 18.2 Å². The lowest BCUT2D eigenvalue weighted by Gasteiger charge is -2.07. The molecule has 1 heterocycles. The molecule has 2 rings (SSSR count). The fourth-order valence-corrected chi connectivity index (χ4v) is 1.33. The molecule has 1 N–H and O–H groups in total. The molecule has 0 aliphatic heterocycles. The van der Waals surface area contributed by atoms with Crippen molar-refractivity contribution in [1.82, 2.24) is 9.97 Å². The Morgan fingerprint density at radius 3 is 2.83 bits per heavy atom. The van der Waals surface area contributed by atoms with Crippen molar-refractivity contribution in [3.05, 3.63) is 47.5 Å². The first-order valence-electron chi connectivity index (χ1n) is 5.06. The summed E-state index contributed by atoms with van der Waals surface area (Å²) in [6.07, 6.45) is 1.47. The molecule has 0 atom stereocenters. The van der Waals surface area contributed by atoms with Crippen molar-refractivity contribution in [3.63, 3.8) is 0 Å². The van der Waals surface area contributed by atoms with E-state index in [9.17, 15) is 9.18 Å². The Hall–Kier alpha value is -2.50. The molecular formula is C12H9FN2O3. The predicted molar refractivity (Wildman–Crippen MR) is 60.2 cm³/mol. The first-order valence-corrected chi connectivity index (χ1v) is 5.06. The molecule has 0 aliphatic carbocycles. The smallest absolute Gasteiger partial charge is 0.339 e. The van der Waals surface area contributed by atoms with Gasteiger partial charge in [0.25, 0.3) is 0 Å². The summed E-state index contributed by atoms with van der Waals surface area (Å²) in [5.41, 5.74) is 0.509. The van der Waals surface area contributed by atoms with Crippen LogP contribution in [0.3, 0.4) is 0 Å². The minimum Gasteiger partial charge on any atom is -0.478 e. The largest absolute Gasteiger partial charge is 0.478 e. The zero-order valence-electron chi connectivity index (χ0n) is 9.42. The average molecular weight is 248 g/mol. The van der Waals surface area contributed by atoms with E-state index in [1.807, 2.05) is 0 Å².